The van der Waals surface area contributed by atoms with E-state index in [1.54, 1.807) is 0 Å². The predicted molar refractivity (Wildman–Crippen MR) is 115 cm³/mol. The third-order valence-electron chi connectivity index (χ3n) is 6.58. The molecule has 154 valence electrons. The summed E-state index contributed by atoms with van der Waals surface area (Å²) in [5.74, 6) is -0.481. The Balaban J connectivity index is 1.35. The monoisotopic (exact) mass is 404 g/mol. The molecule has 0 radical (unpaired) electrons. The Morgan fingerprint density at radius 1 is 1.10 bits per heavy atom. The quantitative estimate of drug-likeness (QED) is 0.583. The van der Waals surface area contributed by atoms with Crippen LogP contribution in [0.2, 0.25) is 0 Å². The van der Waals surface area contributed by atoms with Crippen LogP contribution in [-0.4, -0.2) is 28.0 Å². The number of imide groups is 1. The number of aryl methyl sites for hydroxylation is 1. The molecule has 3 N–H and O–H groups in total. The highest BCUT2D eigenvalue weighted by molar-refractivity contribution is 6.10. The van der Waals surface area contributed by atoms with E-state index in [0.717, 1.165) is 23.1 Å². The van der Waals surface area contributed by atoms with Crippen molar-refractivity contribution in [1.82, 2.24) is 15.2 Å². The molecule has 1 spiro atoms. The maximum absolute atomic E-state index is 12.9. The third kappa shape index (κ3) is 2.84. The van der Waals surface area contributed by atoms with Crippen molar-refractivity contribution in [2.24, 2.45) is 5.92 Å². The first kappa shape index (κ1) is 18.7. The molecule has 2 heterocycles. The van der Waals surface area contributed by atoms with Crippen LogP contribution in [0, 0.1) is 5.92 Å². The van der Waals surface area contributed by atoms with Crippen LogP contribution in [0.15, 0.2) is 42.5 Å². The fourth-order valence-corrected chi connectivity index (χ4v) is 4.97. The summed E-state index contributed by atoms with van der Waals surface area (Å²) >= 11 is 0. The number of amides is 4. The SMILES string of the molecule is CCn1c2ccccc2c2cc(NC(=O)C3CCC4(CC3)NC(=O)NC4=O)ccc21. The first-order valence-electron chi connectivity index (χ1n) is 10.5. The van der Waals surface area contributed by atoms with Gasteiger partial charge in [0.1, 0.15) is 5.54 Å². The summed E-state index contributed by atoms with van der Waals surface area (Å²) in [7, 11) is 0. The minimum absolute atomic E-state index is 0.0341. The summed E-state index contributed by atoms with van der Waals surface area (Å²) < 4.78 is 2.28. The molecule has 1 aliphatic carbocycles. The number of hydrogen-bond acceptors (Lipinski definition) is 3. The second-order valence-corrected chi connectivity index (χ2v) is 8.25. The lowest BCUT2D eigenvalue weighted by Gasteiger charge is -2.33. The van der Waals surface area contributed by atoms with Gasteiger partial charge in [-0.15, -0.1) is 0 Å². The van der Waals surface area contributed by atoms with Gasteiger partial charge in [-0.1, -0.05) is 18.2 Å². The number of nitrogens with zero attached hydrogens (tertiary/aromatic N) is 1. The lowest BCUT2D eigenvalue weighted by Crippen LogP contribution is -2.50. The largest absolute Gasteiger partial charge is 0.341 e. The van der Waals surface area contributed by atoms with Gasteiger partial charge in [0.15, 0.2) is 0 Å². The van der Waals surface area contributed by atoms with Crippen molar-refractivity contribution in [3.63, 3.8) is 0 Å². The van der Waals surface area contributed by atoms with Crippen molar-refractivity contribution in [2.45, 2.75) is 44.7 Å². The minimum Gasteiger partial charge on any atom is -0.341 e. The van der Waals surface area contributed by atoms with Crippen molar-refractivity contribution in [1.29, 1.82) is 0 Å². The molecule has 0 bridgehead atoms. The van der Waals surface area contributed by atoms with Gasteiger partial charge in [0.2, 0.25) is 5.91 Å². The van der Waals surface area contributed by atoms with Crippen LogP contribution in [0.4, 0.5) is 10.5 Å². The van der Waals surface area contributed by atoms with Crippen LogP contribution >= 0.6 is 0 Å². The molecule has 5 rings (SSSR count). The van der Waals surface area contributed by atoms with E-state index in [-0.39, 0.29) is 17.7 Å². The summed E-state index contributed by atoms with van der Waals surface area (Å²) in [6.45, 7) is 3.01. The number of nitrogens with one attached hydrogen (secondary N) is 3. The van der Waals surface area contributed by atoms with Gasteiger partial charge < -0.3 is 15.2 Å². The molecule has 2 fully saturated rings. The van der Waals surface area contributed by atoms with Gasteiger partial charge >= 0.3 is 6.03 Å². The molecule has 1 saturated carbocycles. The van der Waals surface area contributed by atoms with Crippen molar-refractivity contribution in [2.75, 3.05) is 5.32 Å². The molecule has 2 aromatic carbocycles. The van der Waals surface area contributed by atoms with Gasteiger partial charge in [0.25, 0.3) is 5.91 Å². The van der Waals surface area contributed by atoms with Gasteiger partial charge in [-0.2, -0.15) is 0 Å². The fraction of sp³-hybridized carbons (Fsp3) is 0.348. The molecular formula is C23H24N4O3. The maximum atomic E-state index is 12.9. The van der Waals surface area contributed by atoms with E-state index >= 15 is 0 Å². The topological polar surface area (TPSA) is 92.2 Å². The number of aromatic nitrogens is 1. The molecule has 1 aromatic heterocycles. The molecule has 7 heteroatoms. The number of rotatable bonds is 3. The number of para-hydroxylation sites is 1. The first-order valence-corrected chi connectivity index (χ1v) is 10.5. The summed E-state index contributed by atoms with van der Waals surface area (Å²) in [5, 5.41) is 10.4. The van der Waals surface area contributed by atoms with Gasteiger partial charge in [0.05, 0.1) is 0 Å². The maximum Gasteiger partial charge on any atom is 0.322 e. The van der Waals surface area contributed by atoms with Crippen LogP contribution in [0.5, 0.6) is 0 Å². The lowest BCUT2D eigenvalue weighted by atomic mass is 9.76. The zero-order chi connectivity index (χ0) is 20.9. The zero-order valence-corrected chi connectivity index (χ0v) is 16.8. The molecule has 0 unspecified atom stereocenters. The highest BCUT2D eigenvalue weighted by Crippen LogP contribution is 2.35. The number of carbonyl (C=O) groups is 3. The molecule has 4 amide bonds. The summed E-state index contributed by atoms with van der Waals surface area (Å²) in [4.78, 5) is 36.4. The summed E-state index contributed by atoms with van der Waals surface area (Å²) in [6, 6.07) is 13.9. The molecule has 30 heavy (non-hydrogen) atoms. The second-order valence-electron chi connectivity index (χ2n) is 8.25. The van der Waals surface area contributed by atoms with Crippen LogP contribution in [0.3, 0.4) is 0 Å². The highest BCUT2D eigenvalue weighted by atomic mass is 16.2. The normalized spacial score (nSPS) is 23.7. The number of hydrogen-bond donors (Lipinski definition) is 3. The van der Waals surface area contributed by atoms with Crippen LogP contribution in [0.25, 0.3) is 21.8 Å². The molecule has 3 aromatic rings. The van der Waals surface area contributed by atoms with E-state index in [2.05, 4.69) is 45.6 Å². The molecule has 2 aliphatic rings. The van der Waals surface area contributed by atoms with Crippen molar-refractivity contribution in [3.8, 4) is 0 Å². The molecule has 0 atom stereocenters. The average Bonchev–Trinajstić information content (AvgIpc) is 3.21. The average molecular weight is 404 g/mol. The minimum atomic E-state index is -0.839. The number of fused-ring (bicyclic) bond motifs is 3. The molecule has 7 nitrogen and oxygen atoms in total. The van der Waals surface area contributed by atoms with E-state index in [1.165, 1.54) is 10.9 Å². The third-order valence-corrected chi connectivity index (χ3v) is 6.58. The van der Waals surface area contributed by atoms with Crippen molar-refractivity contribution >= 4 is 45.3 Å². The van der Waals surface area contributed by atoms with Crippen LogP contribution in [0.1, 0.15) is 32.6 Å². The van der Waals surface area contributed by atoms with Gasteiger partial charge in [0, 0.05) is 40.0 Å². The van der Waals surface area contributed by atoms with Crippen LogP contribution < -0.4 is 16.0 Å². The van der Waals surface area contributed by atoms with Crippen molar-refractivity contribution < 1.29 is 14.4 Å². The van der Waals surface area contributed by atoms with E-state index in [4.69, 9.17) is 0 Å². The second kappa shape index (κ2) is 6.86. The van der Waals surface area contributed by atoms with E-state index < -0.39 is 11.6 Å². The number of anilines is 1. The Labute approximate surface area is 173 Å². The number of carbonyl (C=O) groups excluding carboxylic acids is 3. The van der Waals surface area contributed by atoms with E-state index in [1.807, 2.05) is 24.3 Å². The van der Waals surface area contributed by atoms with Crippen molar-refractivity contribution in [3.05, 3.63) is 42.5 Å². The zero-order valence-electron chi connectivity index (χ0n) is 16.8. The van der Waals surface area contributed by atoms with Gasteiger partial charge in [-0.25, -0.2) is 4.79 Å². The Morgan fingerprint density at radius 2 is 1.83 bits per heavy atom. The fourth-order valence-electron chi connectivity index (χ4n) is 4.97. The summed E-state index contributed by atoms with van der Waals surface area (Å²) in [6.07, 6.45) is 2.09. The smallest absolute Gasteiger partial charge is 0.322 e. The van der Waals surface area contributed by atoms with E-state index in [9.17, 15) is 14.4 Å². The Kier molecular flexibility index (Phi) is 4.27. The Morgan fingerprint density at radius 3 is 2.53 bits per heavy atom. The van der Waals surface area contributed by atoms with Gasteiger partial charge in [-0.3, -0.25) is 14.9 Å². The predicted octanol–water partition coefficient (Wildman–Crippen LogP) is 3.52. The summed E-state index contributed by atoms with van der Waals surface area (Å²) in [5.41, 5.74) is 2.28. The number of urea groups is 1. The molecule has 1 aliphatic heterocycles. The first-order chi connectivity index (χ1) is 14.5. The standard InChI is InChI=1S/C23H24N4O3/c1-2-27-18-6-4-3-5-16(18)17-13-15(7-8-19(17)27)24-20(28)14-9-11-23(12-10-14)21(29)25-22(30)26-23/h3-8,13-14H,2,9-12H2,1H3,(H,24,28)(H2,25,26,29,30). The van der Waals surface area contributed by atoms with Crippen LogP contribution in [-0.2, 0) is 16.1 Å². The van der Waals surface area contributed by atoms with E-state index in [0.29, 0.717) is 25.7 Å². The molecular weight excluding hydrogens is 380 g/mol. The number of benzene rings is 2. The van der Waals surface area contributed by atoms with Gasteiger partial charge in [-0.05, 0) is 56.9 Å². The highest BCUT2D eigenvalue weighted by Gasteiger charge is 2.48. The Bertz CT molecular complexity index is 1190. The Hall–Kier alpha value is -3.35. The molecule has 1 saturated heterocycles. The lowest BCUT2D eigenvalue weighted by molar-refractivity contribution is -0.128.